The van der Waals surface area contributed by atoms with Crippen LogP contribution in [0.2, 0.25) is 0 Å². The Labute approximate surface area is 97.0 Å². The van der Waals surface area contributed by atoms with Crippen LogP contribution >= 0.6 is 0 Å². The second-order valence-corrected chi connectivity index (χ2v) is 4.51. The van der Waals surface area contributed by atoms with Crippen molar-refractivity contribution in [3.05, 3.63) is 35.4 Å². The van der Waals surface area contributed by atoms with Crippen molar-refractivity contribution in [1.29, 1.82) is 0 Å². The van der Waals surface area contributed by atoms with Gasteiger partial charge in [0.15, 0.2) is 0 Å². The maximum absolute atomic E-state index is 11.7. The SMILES string of the molecule is CC(C)CNC(=O)c1ccc([C@H](C)N)cc1. The van der Waals surface area contributed by atoms with Gasteiger partial charge in [0.2, 0.25) is 0 Å². The molecule has 1 rings (SSSR count). The average Bonchev–Trinajstić information content (AvgIpc) is 2.26. The zero-order valence-electron chi connectivity index (χ0n) is 10.2. The van der Waals surface area contributed by atoms with E-state index in [1.165, 1.54) is 0 Å². The summed E-state index contributed by atoms with van der Waals surface area (Å²) in [6.07, 6.45) is 0. The quantitative estimate of drug-likeness (QED) is 0.816. The van der Waals surface area contributed by atoms with Crippen molar-refractivity contribution in [1.82, 2.24) is 5.32 Å². The molecule has 3 N–H and O–H groups in total. The number of hydrogen-bond acceptors (Lipinski definition) is 2. The van der Waals surface area contributed by atoms with Crippen LogP contribution in [-0.4, -0.2) is 12.5 Å². The summed E-state index contributed by atoms with van der Waals surface area (Å²) in [6, 6.07) is 7.43. The molecule has 0 heterocycles. The van der Waals surface area contributed by atoms with Gasteiger partial charge in [-0.1, -0.05) is 26.0 Å². The molecule has 0 aliphatic carbocycles. The molecule has 0 radical (unpaired) electrons. The van der Waals surface area contributed by atoms with E-state index < -0.39 is 0 Å². The third kappa shape index (κ3) is 3.66. The highest BCUT2D eigenvalue weighted by molar-refractivity contribution is 5.94. The van der Waals surface area contributed by atoms with Crippen LogP contribution in [0, 0.1) is 5.92 Å². The molecule has 0 aliphatic heterocycles. The predicted molar refractivity (Wildman–Crippen MR) is 66.2 cm³/mol. The van der Waals surface area contributed by atoms with Crippen LogP contribution < -0.4 is 11.1 Å². The van der Waals surface area contributed by atoms with Gasteiger partial charge in [-0.25, -0.2) is 0 Å². The Morgan fingerprint density at radius 1 is 1.25 bits per heavy atom. The summed E-state index contributed by atoms with van der Waals surface area (Å²) in [5.41, 5.74) is 7.47. The number of rotatable bonds is 4. The van der Waals surface area contributed by atoms with Crippen LogP contribution in [-0.2, 0) is 0 Å². The number of benzene rings is 1. The number of carbonyl (C=O) groups is 1. The Hall–Kier alpha value is -1.35. The molecule has 0 spiro atoms. The lowest BCUT2D eigenvalue weighted by atomic mass is 10.1. The molecule has 0 unspecified atom stereocenters. The van der Waals surface area contributed by atoms with Crippen LogP contribution in [0.5, 0.6) is 0 Å². The van der Waals surface area contributed by atoms with Crippen molar-refractivity contribution >= 4 is 5.91 Å². The summed E-state index contributed by atoms with van der Waals surface area (Å²) in [5.74, 6) is 0.442. The van der Waals surface area contributed by atoms with E-state index in [-0.39, 0.29) is 11.9 Å². The molecule has 0 fully saturated rings. The molecular weight excluding hydrogens is 200 g/mol. The first-order valence-electron chi connectivity index (χ1n) is 5.64. The number of nitrogens with one attached hydrogen (secondary N) is 1. The highest BCUT2D eigenvalue weighted by Crippen LogP contribution is 2.10. The Morgan fingerprint density at radius 3 is 2.25 bits per heavy atom. The zero-order valence-corrected chi connectivity index (χ0v) is 10.2. The van der Waals surface area contributed by atoms with Gasteiger partial charge in [0.25, 0.3) is 5.91 Å². The lowest BCUT2D eigenvalue weighted by molar-refractivity contribution is 0.0949. The summed E-state index contributed by atoms with van der Waals surface area (Å²) in [7, 11) is 0. The van der Waals surface area contributed by atoms with E-state index in [1.54, 1.807) is 0 Å². The van der Waals surface area contributed by atoms with Crippen molar-refractivity contribution in [2.45, 2.75) is 26.8 Å². The minimum absolute atomic E-state index is 0.00720. The van der Waals surface area contributed by atoms with E-state index in [9.17, 15) is 4.79 Å². The molecule has 88 valence electrons. The molecule has 0 aliphatic rings. The van der Waals surface area contributed by atoms with Crippen LogP contribution in [0.25, 0.3) is 0 Å². The Balaban J connectivity index is 2.63. The smallest absolute Gasteiger partial charge is 0.251 e. The molecule has 1 atom stereocenters. The maximum atomic E-state index is 11.7. The Morgan fingerprint density at radius 2 is 1.81 bits per heavy atom. The minimum atomic E-state index is -0.0232. The van der Waals surface area contributed by atoms with Gasteiger partial charge in [0, 0.05) is 18.2 Å². The van der Waals surface area contributed by atoms with E-state index in [0.29, 0.717) is 18.0 Å². The number of nitrogens with two attached hydrogens (primary N) is 1. The summed E-state index contributed by atoms with van der Waals surface area (Å²) >= 11 is 0. The summed E-state index contributed by atoms with van der Waals surface area (Å²) in [4.78, 5) is 11.7. The number of hydrogen-bond donors (Lipinski definition) is 2. The fourth-order valence-electron chi connectivity index (χ4n) is 1.34. The molecule has 16 heavy (non-hydrogen) atoms. The second-order valence-electron chi connectivity index (χ2n) is 4.51. The van der Waals surface area contributed by atoms with E-state index >= 15 is 0 Å². The topological polar surface area (TPSA) is 55.1 Å². The molecule has 0 saturated heterocycles. The first-order chi connectivity index (χ1) is 7.50. The van der Waals surface area contributed by atoms with Gasteiger partial charge in [-0.3, -0.25) is 4.79 Å². The molecular formula is C13H20N2O. The first kappa shape index (κ1) is 12.7. The lowest BCUT2D eigenvalue weighted by Crippen LogP contribution is -2.27. The fraction of sp³-hybridized carbons (Fsp3) is 0.462. The first-order valence-corrected chi connectivity index (χ1v) is 5.64. The van der Waals surface area contributed by atoms with E-state index in [4.69, 9.17) is 5.73 Å². The van der Waals surface area contributed by atoms with Crippen molar-refractivity contribution in [2.75, 3.05) is 6.54 Å². The minimum Gasteiger partial charge on any atom is -0.352 e. The van der Waals surface area contributed by atoms with Gasteiger partial charge in [-0.2, -0.15) is 0 Å². The van der Waals surface area contributed by atoms with Crippen LogP contribution in [0.3, 0.4) is 0 Å². The third-order valence-electron chi connectivity index (χ3n) is 2.37. The van der Waals surface area contributed by atoms with Crippen LogP contribution in [0.15, 0.2) is 24.3 Å². The monoisotopic (exact) mass is 220 g/mol. The molecule has 0 bridgehead atoms. The standard InChI is InChI=1S/C13H20N2O/c1-9(2)8-15-13(16)12-6-4-11(5-7-12)10(3)14/h4-7,9-10H,8,14H2,1-3H3,(H,15,16)/t10-/m0/s1. The molecule has 3 nitrogen and oxygen atoms in total. The fourth-order valence-corrected chi connectivity index (χ4v) is 1.34. The number of amides is 1. The second kappa shape index (κ2) is 5.66. The highest BCUT2D eigenvalue weighted by Gasteiger charge is 2.06. The van der Waals surface area contributed by atoms with Crippen LogP contribution in [0.4, 0.5) is 0 Å². The molecule has 1 amide bonds. The van der Waals surface area contributed by atoms with Crippen LogP contribution in [0.1, 0.15) is 42.7 Å². The largest absolute Gasteiger partial charge is 0.352 e. The van der Waals surface area contributed by atoms with Gasteiger partial charge < -0.3 is 11.1 Å². The summed E-state index contributed by atoms with van der Waals surface area (Å²) in [5, 5.41) is 2.88. The summed E-state index contributed by atoms with van der Waals surface area (Å²) < 4.78 is 0. The molecule has 0 aromatic heterocycles. The van der Waals surface area contributed by atoms with E-state index in [0.717, 1.165) is 5.56 Å². The van der Waals surface area contributed by atoms with Gasteiger partial charge >= 0.3 is 0 Å². The molecule has 1 aromatic rings. The van der Waals surface area contributed by atoms with Gasteiger partial charge in [-0.15, -0.1) is 0 Å². The van der Waals surface area contributed by atoms with Gasteiger partial charge in [-0.05, 0) is 30.5 Å². The van der Waals surface area contributed by atoms with E-state index in [1.807, 2.05) is 31.2 Å². The Kier molecular flexibility index (Phi) is 4.50. The van der Waals surface area contributed by atoms with Crippen molar-refractivity contribution in [3.8, 4) is 0 Å². The van der Waals surface area contributed by atoms with E-state index in [2.05, 4.69) is 19.2 Å². The van der Waals surface area contributed by atoms with Crippen molar-refractivity contribution in [2.24, 2.45) is 11.7 Å². The normalized spacial score (nSPS) is 12.6. The predicted octanol–water partition coefficient (Wildman–Crippen LogP) is 2.09. The summed E-state index contributed by atoms with van der Waals surface area (Å²) in [6.45, 7) is 6.76. The zero-order chi connectivity index (χ0) is 12.1. The number of carbonyl (C=O) groups excluding carboxylic acids is 1. The average molecular weight is 220 g/mol. The van der Waals surface area contributed by atoms with Crippen molar-refractivity contribution in [3.63, 3.8) is 0 Å². The van der Waals surface area contributed by atoms with Gasteiger partial charge in [0.05, 0.1) is 0 Å². The lowest BCUT2D eigenvalue weighted by Gasteiger charge is -2.09. The maximum Gasteiger partial charge on any atom is 0.251 e. The molecule has 0 saturated carbocycles. The molecule has 1 aromatic carbocycles. The van der Waals surface area contributed by atoms with Crippen molar-refractivity contribution < 1.29 is 4.79 Å². The highest BCUT2D eigenvalue weighted by atomic mass is 16.1. The third-order valence-corrected chi connectivity index (χ3v) is 2.37. The van der Waals surface area contributed by atoms with Gasteiger partial charge in [0.1, 0.15) is 0 Å². The Bertz CT molecular complexity index is 341. The molecule has 3 heteroatoms.